The van der Waals surface area contributed by atoms with Gasteiger partial charge in [0, 0.05) is 21.7 Å². The number of hydrogen-bond donors (Lipinski definition) is 0. The van der Waals surface area contributed by atoms with E-state index in [0.717, 1.165) is 39.5 Å². The van der Waals surface area contributed by atoms with Crippen LogP contribution in [0, 0.1) is 0 Å². The first-order valence-electron chi connectivity index (χ1n) is 9.90. The van der Waals surface area contributed by atoms with Gasteiger partial charge in [0.1, 0.15) is 11.5 Å². The summed E-state index contributed by atoms with van der Waals surface area (Å²) in [7, 11) is 0. The largest absolute Gasteiger partial charge is 0.457 e. The van der Waals surface area contributed by atoms with Crippen molar-refractivity contribution in [3.05, 3.63) is 114 Å². The highest BCUT2D eigenvalue weighted by atomic mass is 35.5. The van der Waals surface area contributed by atoms with E-state index in [2.05, 4.69) is 4.98 Å². The van der Waals surface area contributed by atoms with Crippen LogP contribution in [0.4, 0.5) is 0 Å². The molecule has 3 aromatic carbocycles. The van der Waals surface area contributed by atoms with Gasteiger partial charge in [0.15, 0.2) is 5.76 Å². The number of aromatic nitrogens is 1. The van der Waals surface area contributed by atoms with Crippen molar-refractivity contribution >= 4 is 23.8 Å². The zero-order valence-corrected chi connectivity index (χ0v) is 17.3. The molecule has 0 saturated carbocycles. The van der Waals surface area contributed by atoms with Crippen LogP contribution < -0.4 is 0 Å². The highest BCUT2D eigenvalue weighted by molar-refractivity contribution is 6.30. The van der Waals surface area contributed by atoms with Gasteiger partial charge in [-0.15, -0.1) is 0 Å². The third kappa shape index (κ3) is 4.37. The molecule has 2 aromatic heterocycles. The van der Waals surface area contributed by atoms with Crippen LogP contribution in [0.25, 0.3) is 46.3 Å². The fourth-order valence-electron chi connectivity index (χ4n) is 3.27. The van der Waals surface area contributed by atoms with Gasteiger partial charge in [0.2, 0.25) is 5.89 Å². The van der Waals surface area contributed by atoms with Crippen molar-refractivity contribution in [2.24, 2.45) is 0 Å². The number of oxazole rings is 1. The average Bonchev–Trinajstić information content (AvgIpc) is 3.50. The van der Waals surface area contributed by atoms with Gasteiger partial charge in [-0.25, -0.2) is 4.98 Å². The Morgan fingerprint density at radius 2 is 1.32 bits per heavy atom. The molecule has 0 aliphatic heterocycles. The Balaban J connectivity index is 1.29. The van der Waals surface area contributed by atoms with Gasteiger partial charge in [0.05, 0.1) is 6.20 Å². The maximum absolute atomic E-state index is 5.95. The maximum atomic E-state index is 5.95. The van der Waals surface area contributed by atoms with Crippen molar-refractivity contribution in [1.29, 1.82) is 0 Å². The summed E-state index contributed by atoms with van der Waals surface area (Å²) in [5.74, 6) is 2.96. The minimum atomic E-state index is 0.605. The van der Waals surface area contributed by atoms with E-state index >= 15 is 0 Å². The van der Waals surface area contributed by atoms with E-state index in [4.69, 9.17) is 20.4 Å². The highest BCUT2D eigenvalue weighted by Crippen LogP contribution is 2.27. The second-order valence-corrected chi connectivity index (χ2v) is 7.50. The Morgan fingerprint density at radius 3 is 2.10 bits per heavy atom. The molecule has 0 atom stereocenters. The zero-order valence-electron chi connectivity index (χ0n) is 16.5. The van der Waals surface area contributed by atoms with Crippen molar-refractivity contribution in [3.8, 4) is 34.1 Å². The summed E-state index contributed by atoms with van der Waals surface area (Å²) in [6.45, 7) is 0. The number of hydrogen-bond acceptors (Lipinski definition) is 3. The molecule has 0 spiro atoms. The van der Waals surface area contributed by atoms with Gasteiger partial charge < -0.3 is 8.83 Å². The fourth-order valence-corrected chi connectivity index (χ4v) is 3.40. The van der Waals surface area contributed by atoms with Crippen LogP contribution in [-0.4, -0.2) is 4.98 Å². The molecular weight excluding hydrogens is 406 g/mol. The van der Waals surface area contributed by atoms with Gasteiger partial charge in [0.25, 0.3) is 0 Å². The van der Waals surface area contributed by atoms with Crippen LogP contribution in [-0.2, 0) is 0 Å². The van der Waals surface area contributed by atoms with E-state index in [-0.39, 0.29) is 0 Å². The predicted molar refractivity (Wildman–Crippen MR) is 125 cm³/mol. The van der Waals surface area contributed by atoms with Gasteiger partial charge in [-0.3, -0.25) is 0 Å². The monoisotopic (exact) mass is 423 g/mol. The number of nitrogens with zero attached hydrogens (tertiary/aromatic N) is 1. The SMILES string of the molecule is Clc1ccc(-c2ccc(C=Cc3ccc(-c4ncc(-c5ccccc5)o4)cc3)o2)cc1. The lowest BCUT2D eigenvalue weighted by molar-refractivity contribution is 0.572. The van der Waals surface area contributed by atoms with Gasteiger partial charge in [-0.1, -0.05) is 60.1 Å². The Bertz CT molecular complexity index is 1310. The standard InChI is InChI=1S/C27H18ClNO2/c28-23-13-11-21(12-14-23)25-17-16-24(30-25)15-8-19-6-9-22(10-7-19)27-29-18-26(31-27)20-4-2-1-3-5-20/h1-18H. The lowest BCUT2D eigenvalue weighted by Gasteiger charge is -1.98. The first-order valence-corrected chi connectivity index (χ1v) is 10.3. The van der Waals surface area contributed by atoms with Crippen LogP contribution in [0.3, 0.4) is 0 Å². The predicted octanol–water partition coefficient (Wildman–Crippen LogP) is 8.09. The zero-order chi connectivity index (χ0) is 21.0. The Kier molecular flexibility index (Phi) is 5.26. The van der Waals surface area contributed by atoms with E-state index < -0.39 is 0 Å². The van der Waals surface area contributed by atoms with Crippen molar-refractivity contribution in [2.45, 2.75) is 0 Å². The summed E-state index contributed by atoms with van der Waals surface area (Å²) in [4.78, 5) is 4.42. The van der Waals surface area contributed by atoms with Gasteiger partial charge in [-0.2, -0.15) is 0 Å². The molecule has 0 N–H and O–H groups in total. The van der Waals surface area contributed by atoms with Gasteiger partial charge in [-0.05, 0) is 60.2 Å². The molecule has 5 rings (SSSR count). The molecule has 0 aliphatic carbocycles. The summed E-state index contributed by atoms with van der Waals surface area (Å²) < 4.78 is 11.8. The van der Waals surface area contributed by atoms with Gasteiger partial charge >= 0.3 is 0 Å². The van der Waals surface area contributed by atoms with Crippen LogP contribution >= 0.6 is 11.6 Å². The Labute approximate surface area is 185 Å². The maximum Gasteiger partial charge on any atom is 0.226 e. The van der Waals surface area contributed by atoms with Crippen molar-refractivity contribution in [3.63, 3.8) is 0 Å². The molecule has 0 unspecified atom stereocenters. The minimum Gasteiger partial charge on any atom is -0.457 e. The fraction of sp³-hybridized carbons (Fsp3) is 0. The molecule has 4 heteroatoms. The van der Waals surface area contributed by atoms with Crippen LogP contribution in [0.15, 0.2) is 106 Å². The van der Waals surface area contributed by atoms with Crippen molar-refractivity contribution in [2.75, 3.05) is 0 Å². The van der Waals surface area contributed by atoms with E-state index in [0.29, 0.717) is 10.9 Å². The molecule has 0 aliphatic rings. The summed E-state index contributed by atoms with van der Waals surface area (Å²) in [6.07, 6.45) is 5.72. The first kappa shape index (κ1) is 19.2. The lowest BCUT2D eigenvalue weighted by Crippen LogP contribution is -1.78. The molecule has 0 bridgehead atoms. The molecule has 3 nitrogen and oxygen atoms in total. The third-order valence-corrected chi connectivity index (χ3v) is 5.17. The molecule has 31 heavy (non-hydrogen) atoms. The first-order chi connectivity index (χ1) is 15.2. The van der Waals surface area contributed by atoms with Crippen molar-refractivity contribution < 1.29 is 8.83 Å². The number of furan rings is 1. The second-order valence-electron chi connectivity index (χ2n) is 7.06. The number of halogens is 1. The Hall–Kier alpha value is -3.82. The van der Waals surface area contributed by atoms with E-state index in [1.54, 1.807) is 6.20 Å². The van der Waals surface area contributed by atoms with E-state index in [9.17, 15) is 0 Å². The van der Waals surface area contributed by atoms with Crippen LogP contribution in [0.5, 0.6) is 0 Å². The quantitative estimate of drug-likeness (QED) is 0.286. The van der Waals surface area contributed by atoms with Crippen LogP contribution in [0.2, 0.25) is 5.02 Å². The lowest BCUT2D eigenvalue weighted by atomic mass is 10.1. The molecule has 2 heterocycles. The van der Waals surface area contributed by atoms with Crippen molar-refractivity contribution in [1.82, 2.24) is 4.98 Å². The molecule has 150 valence electrons. The topological polar surface area (TPSA) is 39.2 Å². The summed E-state index contributed by atoms with van der Waals surface area (Å²) in [5.41, 5.74) is 4.00. The number of benzene rings is 3. The Morgan fingerprint density at radius 1 is 0.613 bits per heavy atom. The summed E-state index contributed by atoms with van der Waals surface area (Å²) in [6, 6.07) is 29.5. The molecule has 5 aromatic rings. The second kappa shape index (κ2) is 8.50. The third-order valence-electron chi connectivity index (χ3n) is 4.92. The molecule has 0 amide bonds. The average molecular weight is 424 g/mol. The summed E-state index contributed by atoms with van der Waals surface area (Å²) in [5, 5.41) is 0.708. The summed E-state index contributed by atoms with van der Waals surface area (Å²) >= 11 is 5.95. The van der Waals surface area contributed by atoms with E-state index in [1.165, 1.54) is 0 Å². The van der Waals surface area contributed by atoms with Crippen LogP contribution in [0.1, 0.15) is 11.3 Å². The molecular formula is C27H18ClNO2. The molecule has 0 radical (unpaired) electrons. The molecule has 0 saturated heterocycles. The number of rotatable bonds is 5. The highest BCUT2D eigenvalue weighted by Gasteiger charge is 2.08. The molecule has 0 fully saturated rings. The normalized spacial score (nSPS) is 11.3. The smallest absolute Gasteiger partial charge is 0.226 e. The van der Waals surface area contributed by atoms with E-state index in [1.807, 2.05) is 103 Å². The minimum absolute atomic E-state index is 0.605.